The zero-order chi connectivity index (χ0) is 40.5. The molecule has 11 heteroatoms. The minimum absolute atomic E-state index is 0.113. The average Bonchev–Trinajstić information content (AvgIpc) is 4.07. The summed E-state index contributed by atoms with van der Waals surface area (Å²) in [5, 5.41) is 26.8. The van der Waals surface area contributed by atoms with Gasteiger partial charge in [-0.15, -0.1) is 6.58 Å². The maximum Gasteiger partial charge on any atom is 0.410 e. The number of aliphatic hydroxyl groups excluding tert-OH is 2. The van der Waals surface area contributed by atoms with Crippen LogP contribution in [0, 0.1) is 17.8 Å². The van der Waals surface area contributed by atoms with E-state index in [4.69, 9.17) is 28.9 Å². The molecule has 2 aliphatic heterocycles. The van der Waals surface area contributed by atoms with E-state index in [2.05, 4.69) is 47.9 Å². The fourth-order valence-corrected chi connectivity index (χ4v) is 9.59. The zero-order valence-electron chi connectivity index (χ0n) is 34.2. The first-order valence-corrected chi connectivity index (χ1v) is 21.4. The molecule has 7 rings (SSSR count). The molecule has 2 N–H and O–H groups in total. The van der Waals surface area contributed by atoms with Crippen molar-refractivity contribution in [2.45, 2.75) is 83.1 Å². The summed E-state index contributed by atoms with van der Waals surface area (Å²) in [6, 6.07) is 19.8. The van der Waals surface area contributed by atoms with Crippen LogP contribution in [0.1, 0.15) is 75.8 Å². The standard InChI is InChI=1S/C47H61N3O8/c1-4-27-56-47-43(50(46(53)54-5-2)32-35-17-13-16-33-14-7-8-18-37(33)35)31-41(48-57-6-3)39-29-34(15-9-11-25-51)38(19-10-12-26-52)44(45(39)47)40-30-36(20-21-42(40)58-47)55-28-24-49-22-23-49/h4,7-8,13-14,16-18,20-21,29-30,34,38,43-45,51-52H,1,5-6,9-12,15,19,22-28,31-32H2,2-3H3/t34-,38+,43-,44+,45+,47+/m0/s1. The number of nitrogens with zero attached hydrogens (tertiary/aromatic N) is 3. The number of benzene rings is 3. The first-order valence-electron chi connectivity index (χ1n) is 21.4. The highest BCUT2D eigenvalue weighted by Gasteiger charge is 2.65. The van der Waals surface area contributed by atoms with Gasteiger partial charge in [0.15, 0.2) is 0 Å². The molecule has 6 atom stereocenters. The Labute approximate surface area is 343 Å². The molecule has 3 aromatic carbocycles. The van der Waals surface area contributed by atoms with Gasteiger partial charge in [-0.1, -0.05) is 72.6 Å². The summed E-state index contributed by atoms with van der Waals surface area (Å²) in [5.74, 6) is -0.213. The lowest BCUT2D eigenvalue weighted by Crippen LogP contribution is -2.70. The highest BCUT2D eigenvalue weighted by atomic mass is 16.7. The lowest BCUT2D eigenvalue weighted by Gasteiger charge is -2.59. The molecule has 0 unspecified atom stereocenters. The van der Waals surface area contributed by atoms with Crippen molar-refractivity contribution < 1.29 is 38.8 Å². The number of fused-ring (bicyclic) bond motifs is 3. The van der Waals surface area contributed by atoms with E-state index in [0.717, 1.165) is 84.3 Å². The number of amides is 1. The van der Waals surface area contributed by atoms with E-state index in [1.165, 1.54) is 0 Å². The van der Waals surface area contributed by atoms with Crippen molar-refractivity contribution in [3.05, 3.63) is 96.1 Å². The minimum atomic E-state index is -1.38. The van der Waals surface area contributed by atoms with Gasteiger partial charge < -0.3 is 34.0 Å². The highest BCUT2D eigenvalue weighted by molar-refractivity contribution is 6.03. The maximum absolute atomic E-state index is 14.5. The van der Waals surface area contributed by atoms with Gasteiger partial charge in [0, 0.05) is 50.8 Å². The van der Waals surface area contributed by atoms with Crippen molar-refractivity contribution in [3.63, 3.8) is 0 Å². The highest BCUT2D eigenvalue weighted by Crippen LogP contribution is 2.62. The van der Waals surface area contributed by atoms with Crippen molar-refractivity contribution in [2.75, 3.05) is 59.3 Å². The van der Waals surface area contributed by atoms with Crippen molar-refractivity contribution in [3.8, 4) is 11.5 Å². The first-order chi connectivity index (χ1) is 28.5. The molecule has 3 aromatic rings. The van der Waals surface area contributed by atoms with E-state index in [1.807, 2.05) is 44.2 Å². The Balaban J connectivity index is 1.43. The summed E-state index contributed by atoms with van der Waals surface area (Å²) >= 11 is 0. The third-order valence-electron chi connectivity index (χ3n) is 12.3. The molecular formula is C47H61N3O8. The van der Waals surface area contributed by atoms with Crippen LogP contribution < -0.4 is 9.47 Å². The summed E-state index contributed by atoms with van der Waals surface area (Å²) < 4.78 is 26.8. The number of rotatable bonds is 21. The molecule has 58 heavy (non-hydrogen) atoms. The van der Waals surface area contributed by atoms with Gasteiger partial charge in [0.25, 0.3) is 0 Å². The fourth-order valence-electron chi connectivity index (χ4n) is 9.59. The van der Waals surface area contributed by atoms with E-state index < -0.39 is 23.8 Å². The second-order valence-corrected chi connectivity index (χ2v) is 15.8. The SMILES string of the molecule is C=CCO[C@@]12Oc3ccc(OCCN4CC4)cc3[C@H]3[C@H](CCCCO)[C@@H](CCCCO)C=C(C(=NOCC)C[C@@H]1N(Cc1cccc4ccccc14)C(=O)OCC)[C@H]32. The fraction of sp³-hybridized carbons (Fsp3) is 0.532. The zero-order valence-corrected chi connectivity index (χ0v) is 34.2. The number of carbonyl (C=O) groups is 1. The summed E-state index contributed by atoms with van der Waals surface area (Å²) in [6.45, 7) is 12.7. The predicted octanol–water partition coefficient (Wildman–Crippen LogP) is 7.85. The predicted molar refractivity (Wildman–Crippen MR) is 225 cm³/mol. The van der Waals surface area contributed by atoms with E-state index in [9.17, 15) is 15.0 Å². The molecule has 0 aromatic heterocycles. The number of oxime groups is 1. The molecule has 2 heterocycles. The molecule has 4 aliphatic rings. The van der Waals surface area contributed by atoms with Crippen LogP contribution in [0.25, 0.3) is 10.8 Å². The van der Waals surface area contributed by atoms with Crippen molar-refractivity contribution in [1.29, 1.82) is 0 Å². The van der Waals surface area contributed by atoms with Gasteiger partial charge in [0.05, 0.1) is 31.4 Å². The Morgan fingerprint density at radius 3 is 2.57 bits per heavy atom. The quantitative estimate of drug-likeness (QED) is 0.0481. The number of allylic oxidation sites excluding steroid dienone is 1. The summed E-state index contributed by atoms with van der Waals surface area (Å²) in [6.07, 6.45) is 8.75. The van der Waals surface area contributed by atoms with Gasteiger partial charge >= 0.3 is 6.09 Å². The number of ether oxygens (including phenoxy) is 4. The second-order valence-electron chi connectivity index (χ2n) is 15.8. The first kappa shape index (κ1) is 41.7. The summed E-state index contributed by atoms with van der Waals surface area (Å²) in [7, 11) is 0. The number of hydrogen-bond acceptors (Lipinski definition) is 10. The van der Waals surface area contributed by atoms with Gasteiger partial charge in [-0.2, -0.15) is 0 Å². The van der Waals surface area contributed by atoms with Gasteiger partial charge in [-0.05, 0) is 91.5 Å². The molecule has 1 saturated heterocycles. The van der Waals surface area contributed by atoms with Crippen molar-refractivity contribution in [2.24, 2.45) is 22.9 Å². The molecular weight excluding hydrogens is 735 g/mol. The Kier molecular flexibility index (Phi) is 14.1. The number of aliphatic hydroxyl groups is 2. The third kappa shape index (κ3) is 8.93. The largest absolute Gasteiger partial charge is 0.492 e. The Morgan fingerprint density at radius 2 is 1.81 bits per heavy atom. The van der Waals surface area contributed by atoms with Crippen LogP contribution >= 0.6 is 0 Å². The molecule has 2 fully saturated rings. The van der Waals surface area contributed by atoms with Gasteiger partial charge in [0.1, 0.15) is 30.8 Å². The monoisotopic (exact) mass is 795 g/mol. The molecule has 11 nitrogen and oxygen atoms in total. The van der Waals surface area contributed by atoms with Crippen LogP contribution in [0.15, 0.2) is 90.1 Å². The lowest BCUT2D eigenvalue weighted by atomic mass is 9.55. The molecule has 0 bridgehead atoms. The van der Waals surface area contributed by atoms with Crippen molar-refractivity contribution >= 4 is 22.6 Å². The molecule has 1 saturated carbocycles. The Bertz CT molecular complexity index is 1920. The van der Waals surface area contributed by atoms with Crippen molar-refractivity contribution in [1.82, 2.24) is 9.80 Å². The molecule has 2 aliphatic carbocycles. The summed E-state index contributed by atoms with van der Waals surface area (Å²) in [4.78, 5) is 24.6. The van der Waals surface area contributed by atoms with E-state index in [-0.39, 0.29) is 50.7 Å². The van der Waals surface area contributed by atoms with Gasteiger partial charge in [-0.25, -0.2) is 4.79 Å². The molecule has 0 spiro atoms. The Hall–Kier alpha value is -4.42. The van der Waals surface area contributed by atoms with E-state index >= 15 is 0 Å². The van der Waals surface area contributed by atoms with Crippen LogP contribution in [-0.2, 0) is 20.9 Å². The van der Waals surface area contributed by atoms with Crippen LogP contribution in [0.4, 0.5) is 4.79 Å². The van der Waals surface area contributed by atoms with E-state index in [0.29, 0.717) is 38.2 Å². The smallest absolute Gasteiger partial charge is 0.410 e. The normalized spacial score (nSPS) is 25.3. The maximum atomic E-state index is 14.5. The number of carbonyl (C=O) groups excluding carboxylic acids is 1. The lowest BCUT2D eigenvalue weighted by molar-refractivity contribution is -0.256. The second kappa shape index (κ2) is 19.6. The Morgan fingerprint density at radius 1 is 1.02 bits per heavy atom. The number of hydrogen-bond donors (Lipinski definition) is 2. The molecule has 312 valence electrons. The van der Waals surface area contributed by atoms with Crippen LogP contribution in [0.5, 0.6) is 11.5 Å². The average molecular weight is 796 g/mol. The van der Waals surface area contributed by atoms with E-state index in [1.54, 1.807) is 11.0 Å². The molecule has 1 amide bonds. The van der Waals surface area contributed by atoms with Gasteiger partial charge in [-0.3, -0.25) is 9.80 Å². The minimum Gasteiger partial charge on any atom is -0.492 e. The van der Waals surface area contributed by atoms with Crippen LogP contribution in [-0.4, -0.2) is 103 Å². The van der Waals surface area contributed by atoms with Crippen LogP contribution in [0.3, 0.4) is 0 Å². The van der Waals surface area contributed by atoms with Crippen LogP contribution in [0.2, 0.25) is 0 Å². The number of unbranched alkanes of at least 4 members (excludes halogenated alkanes) is 2. The topological polar surface area (TPSA) is 122 Å². The molecule has 0 radical (unpaired) electrons. The summed E-state index contributed by atoms with van der Waals surface area (Å²) in [5.41, 5.74) is 3.76. The van der Waals surface area contributed by atoms with Gasteiger partial charge in [0.2, 0.25) is 5.79 Å². The third-order valence-corrected chi connectivity index (χ3v) is 12.3.